The summed E-state index contributed by atoms with van der Waals surface area (Å²) in [6, 6.07) is 17.4. The standard InChI is InChI=1S/C8H8O2.C8H10/c1-10-8(9)7-5-3-2-4-6-7;1-7-3-5-8(2)6-4-7/h2-6H,1H3;3-6H,1-2H3. The summed E-state index contributed by atoms with van der Waals surface area (Å²) in [6.07, 6.45) is 0. The second-order valence-corrected chi connectivity index (χ2v) is 4.01. The van der Waals surface area contributed by atoms with Crippen molar-refractivity contribution in [1.29, 1.82) is 0 Å². The second-order valence-electron chi connectivity index (χ2n) is 4.01. The fraction of sp³-hybridized carbons (Fsp3) is 0.188. The van der Waals surface area contributed by atoms with Gasteiger partial charge in [0.05, 0.1) is 12.7 Å². The number of methoxy groups -OCH3 is 1. The number of aryl methyl sites for hydroxylation is 2. The van der Waals surface area contributed by atoms with E-state index in [1.165, 1.54) is 18.2 Å². The summed E-state index contributed by atoms with van der Waals surface area (Å²) < 4.78 is 4.50. The second kappa shape index (κ2) is 7.28. The molecule has 0 aliphatic heterocycles. The zero-order chi connectivity index (χ0) is 13.4. The van der Waals surface area contributed by atoms with Gasteiger partial charge >= 0.3 is 5.97 Å². The van der Waals surface area contributed by atoms with Gasteiger partial charge in [0, 0.05) is 0 Å². The van der Waals surface area contributed by atoms with Crippen molar-refractivity contribution >= 4 is 5.97 Å². The van der Waals surface area contributed by atoms with E-state index in [9.17, 15) is 4.79 Å². The van der Waals surface area contributed by atoms with Gasteiger partial charge in [0.15, 0.2) is 0 Å². The van der Waals surface area contributed by atoms with E-state index < -0.39 is 0 Å². The number of rotatable bonds is 1. The maximum Gasteiger partial charge on any atom is 0.337 e. The molecule has 0 atom stereocenters. The molecule has 0 bridgehead atoms. The van der Waals surface area contributed by atoms with E-state index >= 15 is 0 Å². The molecule has 0 amide bonds. The summed E-state index contributed by atoms with van der Waals surface area (Å²) in [5.41, 5.74) is 3.25. The zero-order valence-corrected chi connectivity index (χ0v) is 11.0. The quantitative estimate of drug-likeness (QED) is 0.711. The Morgan fingerprint density at radius 3 is 1.67 bits per heavy atom. The molecule has 0 N–H and O–H groups in total. The van der Waals surface area contributed by atoms with Crippen LogP contribution in [0.25, 0.3) is 0 Å². The van der Waals surface area contributed by atoms with Gasteiger partial charge in [-0.25, -0.2) is 4.79 Å². The highest BCUT2D eigenvalue weighted by Gasteiger charge is 2.00. The summed E-state index contributed by atoms with van der Waals surface area (Å²) >= 11 is 0. The molecule has 0 aliphatic rings. The van der Waals surface area contributed by atoms with Gasteiger partial charge in [-0.3, -0.25) is 0 Å². The van der Waals surface area contributed by atoms with Crippen molar-refractivity contribution in [3.8, 4) is 0 Å². The minimum absolute atomic E-state index is 0.291. The van der Waals surface area contributed by atoms with E-state index in [1.54, 1.807) is 24.3 Å². The number of benzene rings is 2. The molecule has 0 saturated carbocycles. The van der Waals surface area contributed by atoms with Crippen LogP contribution in [0.3, 0.4) is 0 Å². The largest absolute Gasteiger partial charge is 0.465 e. The molecule has 0 aliphatic carbocycles. The van der Waals surface area contributed by atoms with Crippen molar-refractivity contribution in [1.82, 2.24) is 0 Å². The number of esters is 1. The van der Waals surface area contributed by atoms with Gasteiger partial charge in [0.25, 0.3) is 0 Å². The fourth-order valence-electron chi connectivity index (χ4n) is 1.33. The van der Waals surface area contributed by atoms with Crippen molar-refractivity contribution in [2.75, 3.05) is 7.11 Å². The lowest BCUT2D eigenvalue weighted by atomic mass is 10.2. The summed E-state index contributed by atoms with van der Waals surface area (Å²) in [7, 11) is 1.37. The SMILES string of the molecule is COC(=O)c1ccccc1.Cc1ccc(C)cc1. The predicted molar refractivity (Wildman–Crippen MR) is 73.7 cm³/mol. The van der Waals surface area contributed by atoms with Crippen LogP contribution in [0.15, 0.2) is 54.6 Å². The summed E-state index contributed by atoms with van der Waals surface area (Å²) in [5, 5.41) is 0. The third kappa shape index (κ3) is 4.83. The molecule has 2 heteroatoms. The molecule has 18 heavy (non-hydrogen) atoms. The summed E-state index contributed by atoms with van der Waals surface area (Å²) in [6.45, 7) is 4.19. The van der Waals surface area contributed by atoms with E-state index in [4.69, 9.17) is 0 Å². The molecular weight excluding hydrogens is 224 g/mol. The normalized spacial score (nSPS) is 9.06. The third-order valence-corrected chi connectivity index (χ3v) is 2.41. The first-order chi connectivity index (χ1) is 8.63. The Hall–Kier alpha value is -2.09. The lowest BCUT2D eigenvalue weighted by Gasteiger charge is -1.95. The Bertz CT molecular complexity index is 451. The molecule has 0 heterocycles. The molecule has 0 radical (unpaired) electrons. The number of carbonyl (C=O) groups excluding carboxylic acids is 1. The van der Waals surface area contributed by atoms with E-state index in [-0.39, 0.29) is 5.97 Å². The monoisotopic (exact) mass is 242 g/mol. The highest BCUT2D eigenvalue weighted by molar-refractivity contribution is 5.89. The Balaban J connectivity index is 0.000000184. The zero-order valence-electron chi connectivity index (χ0n) is 11.0. The van der Waals surface area contributed by atoms with Crippen LogP contribution in [0.2, 0.25) is 0 Å². The first-order valence-corrected chi connectivity index (χ1v) is 5.80. The minimum atomic E-state index is -0.291. The fourth-order valence-corrected chi connectivity index (χ4v) is 1.33. The van der Waals surface area contributed by atoms with Crippen LogP contribution in [-0.4, -0.2) is 13.1 Å². The van der Waals surface area contributed by atoms with Gasteiger partial charge in [0.2, 0.25) is 0 Å². The van der Waals surface area contributed by atoms with Gasteiger partial charge in [-0.15, -0.1) is 0 Å². The molecule has 2 rings (SSSR count). The molecule has 2 aromatic carbocycles. The highest BCUT2D eigenvalue weighted by atomic mass is 16.5. The van der Waals surface area contributed by atoms with E-state index in [0.717, 1.165) is 0 Å². The molecule has 0 spiro atoms. The van der Waals surface area contributed by atoms with Crippen LogP contribution in [0.5, 0.6) is 0 Å². The molecule has 0 fully saturated rings. The van der Waals surface area contributed by atoms with Gasteiger partial charge in [0.1, 0.15) is 0 Å². The summed E-state index contributed by atoms with van der Waals surface area (Å²) in [5.74, 6) is -0.291. The van der Waals surface area contributed by atoms with Crippen LogP contribution in [0, 0.1) is 13.8 Å². The predicted octanol–water partition coefficient (Wildman–Crippen LogP) is 3.78. The lowest BCUT2D eigenvalue weighted by Crippen LogP contribution is -1.99. The average molecular weight is 242 g/mol. The van der Waals surface area contributed by atoms with Gasteiger partial charge in [-0.1, -0.05) is 53.6 Å². The molecule has 2 nitrogen and oxygen atoms in total. The van der Waals surface area contributed by atoms with Crippen LogP contribution >= 0.6 is 0 Å². The van der Waals surface area contributed by atoms with Gasteiger partial charge in [-0.2, -0.15) is 0 Å². The molecule has 0 aromatic heterocycles. The Morgan fingerprint density at radius 2 is 1.28 bits per heavy atom. The van der Waals surface area contributed by atoms with Crippen molar-refractivity contribution in [2.45, 2.75) is 13.8 Å². The van der Waals surface area contributed by atoms with Gasteiger partial charge in [-0.05, 0) is 26.0 Å². The van der Waals surface area contributed by atoms with Crippen LogP contribution in [0.4, 0.5) is 0 Å². The van der Waals surface area contributed by atoms with Crippen molar-refractivity contribution in [3.05, 3.63) is 71.3 Å². The maximum absolute atomic E-state index is 10.8. The Morgan fingerprint density at radius 1 is 0.833 bits per heavy atom. The third-order valence-electron chi connectivity index (χ3n) is 2.41. The number of carbonyl (C=O) groups is 1. The highest BCUT2D eigenvalue weighted by Crippen LogP contribution is 1.99. The van der Waals surface area contributed by atoms with Crippen molar-refractivity contribution in [3.63, 3.8) is 0 Å². The molecular formula is C16H18O2. The van der Waals surface area contributed by atoms with E-state index in [2.05, 4.69) is 42.8 Å². The number of hydrogen-bond donors (Lipinski definition) is 0. The first-order valence-electron chi connectivity index (χ1n) is 5.80. The molecule has 2 aromatic rings. The first kappa shape index (κ1) is 14.0. The molecule has 0 saturated heterocycles. The lowest BCUT2D eigenvalue weighted by molar-refractivity contribution is 0.0601. The Kier molecular flexibility index (Phi) is 5.65. The number of ether oxygens (including phenoxy) is 1. The van der Waals surface area contributed by atoms with E-state index in [0.29, 0.717) is 5.56 Å². The molecule has 0 unspecified atom stereocenters. The van der Waals surface area contributed by atoms with Crippen LogP contribution < -0.4 is 0 Å². The van der Waals surface area contributed by atoms with Crippen molar-refractivity contribution in [2.24, 2.45) is 0 Å². The maximum atomic E-state index is 10.8. The topological polar surface area (TPSA) is 26.3 Å². The average Bonchev–Trinajstić information content (AvgIpc) is 2.43. The number of hydrogen-bond acceptors (Lipinski definition) is 2. The molecule has 94 valence electrons. The van der Waals surface area contributed by atoms with Gasteiger partial charge < -0.3 is 4.74 Å². The van der Waals surface area contributed by atoms with Crippen molar-refractivity contribution < 1.29 is 9.53 Å². The van der Waals surface area contributed by atoms with E-state index in [1.807, 2.05) is 6.07 Å². The Labute approximate surface area is 108 Å². The van der Waals surface area contributed by atoms with Crippen LogP contribution in [0.1, 0.15) is 21.5 Å². The minimum Gasteiger partial charge on any atom is -0.465 e. The summed E-state index contributed by atoms with van der Waals surface area (Å²) in [4.78, 5) is 10.8. The van der Waals surface area contributed by atoms with Crippen LogP contribution in [-0.2, 0) is 4.74 Å². The smallest absolute Gasteiger partial charge is 0.337 e.